The van der Waals surface area contributed by atoms with Gasteiger partial charge in [0.2, 0.25) is 0 Å². The van der Waals surface area contributed by atoms with Gasteiger partial charge in [-0.15, -0.1) is 0 Å². The zero-order valence-corrected chi connectivity index (χ0v) is 86.5. The van der Waals surface area contributed by atoms with Gasteiger partial charge in [0.1, 0.15) is 0 Å². The first kappa shape index (κ1) is 103. The van der Waals surface area contributed by atoms with E-state index in [1.165, 1.54) is 248 Å². The standard InChI is InChI=1S/C15H16.2C14H14.8C12H12/c1-11-4-7-14(8-5-11)15-9-6-12(2)13(3)10-15;1-11-3-7-13(8-4-11)14-9-5-12(2)6-10-14;1-11-5-3-7-13(9-11)14-8-4-6-12(2)10-14;1-9-3-5-12-8-10(2)4-6-11(12)7-9;1-9-3-5-11-6-4-10(2)8-12(11)7-9;1-9-5-3-7-11-8-4-6-10(2)12(9)11;1-9-6-7-12-10(2)4-3-5-11(12)8-9;1-9-6-7-11-5-3-4-10(2)12(11)8-9;1-9-7-11-5-3-4-6-12(11)8-10(9)2;1-9-7-10(2)12-6-4-3-5-11(12)8-9;1-9-7-8-11-5-3-4-6-12(11)10(9)2/h4-10H,1-3H3;2*3-10H,1-2H3;8*3-8H,1-2H3. The molecular weight excluding hydrogens is 1670 g/mol. The molecule has 0 heteroatoms. The van der Waals surface area contributed by atoms with Gasteiger partial charge < -0.3 is 0 Å². The quantitative estimate of drug-likeness (QED) is 0.165. The van der Waals surface area contributed by atoms with E-state index in [9.17, 15) is 0 Å². The Morgan fingerprint density at radius 2 is 0.388 bits per heavy atom. The van der Waals surface area contributed by atoms with Crippen LogP contribution in [-0.2, 0) is 0 Å². The molecule has 0 unspecified atom stereocenters. The summed E-state index contributed by atoms with van der Waals surface area (Å²) in [6.45, 7) is 49.2. The Morgan fingerprint density at radius 1 is 0.101 bits per heavy atom. The van der Waals surface area contributed by atoms with E-state index >= 15 is 0 Å². The predicted molar refractivity (Wildman–Crippen MR) is 616 cm³/mol. The zero-order valence-electron chi connectivity index (χ0n) is 86.5. The van der Waals surface area contributed by atoms with Crippen molar-refractivity contribution < 1.29 is 0 Å². The van der Waals surface area contributed by atoms with Crippen LogP contribution in [0.25, 0.3) is 120 Å². The normalized spacial score (nSPS) is 10.4. The number of hydrogen-bond acceptors (Lipinski definition) is 0. The number of benzene rings is 22. The van der Waals surface area contributed by atoms with E-state index < -0.39 is 0 Å². The lowest BCUT2D eigenvalue weighted by Gasteiger charge is -2.05. The van der Waals surface area contributed by atoms with Crippen molar-refractivity contribution in [1.82, 2.24) is 0 Å². The molecule has 0 bridgehead atoms. The Bertz CT molecular complexity index is 7530. The molecule has 0 fully saturated rings. The van der Waals surface area contributed by atoms with Crippen LogP contribution in [0.5, 0.6) is 0 Å². The Hall–Kier alpha value is -15.1. The molecule has 0 nitrogen and oxygen atoms in total. The highest BCUT2D eigenvalue weighted by atomic mass is 14.1. The average molecular weight is 1810 g/mol. The van der Waals surface area contributed by atoms with E-state index in [0.717, 1.165) is 0 Å². The van der Waals surface area contributed by atoms with Crippen LogP contribution >= 0.6 is 0 Å². The summed E-state index contributed by atoms with van der Waals surface area (Å²) in [7, 11) is 0. The highest BCUT2D eigenvalue weighted by molar-refractivity contribution is 5.92. The van der Waals surface area contributed by atoms with Crippen LogP contribution in [0.1, 0.15) is 128 Å². The van der Waals surface area contributed by atoms with Crippen molar-refractivity contribution in [3.05, 3.63) is 559 Å². The summed E-state index contributed by atoms with van der Waals surface area (Å²) in [4.78, 5) is 0. The van der Waals surface area contributed by atoms with Gasteiger partial charge in [0.25, 0.3) is 0 Å². The molecule has 0 amide bonds. The fourth-order valence-electron chi connectivity index (χ4n) is 17.3. The van der Waals surface area contributed by atoms with Gasteiger partial charge in [-0.25, -0.2) is 0 Å². The van der Waals surface area contributed by atoms with Gasteiger partial charge in [-0.1, -0.05) is 497 Å². The van der Waals surface area contributed by atoms with Crippen molar-refractivity contribution >= 4 is 86.2 Å². The number of rotatable bonds is 3. The molecule has 0 aromatic heterocycles. The first-order valence-corrected chi connectivity index (χ1v) is 49.0. The lowest BCUT2D eigenvalue weighted by molar-refractivity contribution is 1.34. The third-order valence-electron chi connectivity index (χ3n) is 25.9. The fraction of sp³-hybridized carbons (Fsp3) is 0.165. The van der Waals surface area contributed by atoms with Crippen LogP contribution in [0.4, 0.5) is 0 Å². The van der Waals surface area contributed by atoms with Crippen molar-refractivity contribution in [2.75, 3.05) is 0 Å². The third kappa shape index (κ3) is 30.2. The van der Waals surface area contributed by atoms with Gasteiger partial charge >= 0.3 is 0 Å². The molecule has 0 atom stereocenters. The van der Waals surface area contributed by atoms with E-state index in [1.807, 2.05) is 0 Å². The lowest BCUT2D eigenvalue weighted by atomic mass is 10.00. The molecular formula is C139H140. The van der Waals surface area contributed by atoms with Crippen LogP contribution in [0.3, 0.4) is 0 Å². The van der Waals surface area contributed by atoms with Crippen molar-refractivity contribution in [2.45, 2.75) is 159 Å². The van der Waals surface area contributed by atoms with E-state index in [-0.39, 0.29) is 0 Å². The fourth-order valence-corrected chi connectivity index (χ4v) is 17.3. The molecule has 0 radical (unpaired) electrons. The molecule has 139 heavy (non-hydrogen) atoms. The maximum atomic E-state index is 2.25. The summed E-state index contributed by atoms with van der Waals surface area (Å²) < 4.78 is 0. The van der Waals surface area contributed by atoms with E-state index in [1.54, 1.807) is 0 Å². The Balaban J connectivity index is 0.000000137. The Kier molecular flexibility index (Phi) is 37.1. The average Bonchev–Trinajstić information content (AvgIpc) is 0.863. The van der Waals surface area contributed by atoms with E-state index in [2.05, 4.69) is 590 Å². The number of fused-ring (bicyclic) bond motifs is 8. The molecule has 0 spiro atoms. The highest BCUT2D eigenvalue weighted by Crippen LogP contribution is 2.30. The Labute approximate surface area is 831 Å². The molecule has 22 aromatic rings. The molecule has 0 saturated heterocycles. The zero-order chi connectivity index (χ0) is 99.2. The second kappa shape index (κ2) is 50.1. The molecule has 22 rings (SSSR count). The van der Waals surface area contributed by atoms with Crippen LogP contribution in [0.15, 0.2) is 431 Å². The highest BCUT2D eigenvalue weighted by Gasteiger charge is 2.07. The van der Waals surface area contributed by atoms with Crippen molar-refractivity contribution in [2.24, 2.45) is 0 Å². The van der Waals surface area contributed by atoms with Crippen molar-refractivity contribution in [3.8, 4) is 33.4 Å². The minimum Gasteiger partial charge on any atom is -0.0616 e. The monoisotopic (exact) mass is 1810 g/mol. The molecule has 0 N–H and O–H groups in total. The smallest absolute Gasteiger partial charge is 0.0125 e. The molecule has 0 heterocycles. The molecule has 0 saturated carbocycles. The van der Waals surface area contributed by atoms with Gasteiger partial charge in [-0.05, 0) is 340 Å². The van der Waals surface area contributed by atoms with Crippen LogP contribution in [0, 0.1) is 159 Å². The molecule has 22 aromatic carbocycles. The SMILES string of the molecule is Cc1cc(C)c2ccccc2c1.Cc1cc2ccccc2cc1C.Cc1ccc(-c2ccc(C)c(C)c2)cc1.Cc1ccc(-c2ccc(C)cc2)cc1.Cc1ccc2c(C)cccc2c1.Cc1ccc2cc(C)ccc2c1.Cc1ccc2ccc(C)cc2c1.Cc1ccc2cccc(C)c2c1.Cc1ccc2ccccc2c1C.Cc1cccc(-c2cccc(C)c2)c1.Cc1cccc2cccc(C)c12. The van der Waals surface area contributed by atoms with Gasteiger partial charge in [0, 0.05) is 0 Å². The topological polar surface area (TPSA) is 0 Å². The summed E-state index contributed by atoms with van der Waals surface area (Å²) in [5, 5.41) is 21.6. The van der Waals surface area contributed by atoms with E-state index in [0.29, 0.717) is 0 Å². The summed E-state index contributed by atoms with van der Waals surface area (Å²) in [5.74, 6) is 0. The minimum absolute atomic E-state index is 1.29. The van der Waals surface area contributed by atoms with Crippen molar-refractivity contribution in [1.29, 1.82) is 0 Å². The van der Waals surface area contributed by atoms with Gasteiger partial charge in [0.15, 0.2) is 0 Å². The maximum Gasteiger partial charge on any atom is -0.0125 e. The van der Waals surface area contributed by atoms with Crippen LogP contribution in [-0.4, -0.2) is 0 Å². The second-order valence-corrected chi connectivity index (χ2v) is 38.0. The first-order valence-electron chi connectivity index (χ1n) is 49.0. The second-order valence-electron chi connectivity index (χ2n) is 38.0. The minimum atomic E-state index is 1.29. The van der Waals surface area contributed by atoms with Crippen molar-refractivity contribution in [3.63, 3.8) is 0 Å². The first-order chi connectivity index (χ1) is 66.8. The molecule has 0 aliphatic rings. The summed E-state index contributed by atoms with van der Waals surface area (Å²) in [5.41, 5.74) is 38.6. The Morgan fingerprint density at radius 3 is 0.856 bits per heavy atom. The predicted octanol–water partition coefficient (Wildman–Crippen LogP) is 39.9. The van der Waals surface area contributed by atoms with Crippen LogP contribution in [0.2, 0.25) is 0 Å². The maximum absolute atomic E-state index is 2.25. The van der Waals surface area contributed by atoms with Gasteiger partial charge in [0.05, 0.1) is 0 Å². The largest absolute Gasteiger partial charge is 0.0616 e. The summed E-state index contributed by atoms with van der Waals surface area (Å²) >= 11 is 0. The van der Waals surface area contributed by atoms with Crippen LogP contribution < -0.4 is 0 Å². The van der Waals surface area contributed by atoms with Gasteiger partial charge in [-0.3, -0.25) is 0 Å². The van der Waals surface area contributed by atoms with Gasteiger partial charge in [-0.2, -0.15) is 0 Å². The molecule has 0 aliphatic heterocycles. The number of aryl methyl sites for hydroxylation is 23. The summed E-state index contributed by atoms with van der Waals surface area (Å²) in [6, 6.07) is 154. The summed E-state index contributed by atoms with van der Waals surface area (Å²) in [6.07, 6.45) is 0. The molecule has 696 valence electrons. The molecule has 0 aliphatic carbocycles. The lowest BCUT2D eigenvalue weighted by Crippen LogP contribution is -1.83. The number of hydrogen-bond donors (Lipinski definition) is 0. The van der Waals surface area contributed by atoms with E-state index in [4.69, 9.17) is 0 Å². The third-order valence-corrected chi connectivity index (χ3v) is 25.9.